The first kappa shape index (κ1) is 10.5. The van der Waals surface area contributed by atoms with Crippen LogP contribution in [0.3, 0.4) is 0 Å². The van der Waals surface area contributed by atoms with Crippen LogP contribution in [0.5, 0.6) is 5.75 Å². The minimum absolute atomic E-state index is 0.0727. The zero-order valence-electron chi connectivity index (χ0n) is 7.09. The lowest BCUT2D eigenvalue weighted by Crippen LogP contribution is -2.15. The van der Waals surface area contributed by atoms with Crippen LogP contribution in [0, 0.1) is 0 Å². The molecule has 0 fully saturated rings. The van der Waals surface area contributed by atoms with Gasteiger partial charge in [0.1, 0.15) is 11.1 Å². The van der Waals surface area contributed by atoms with Crippen LogP contribution >= 0.6 is 11.6 Å². The molecule has 14 heavy (non-hydrogen) atoms. The summed E-state index contributed by atoms with van der Waals surface area (Å²) in [6, 6.07) is 5.65. The van der Waals surface area contributed by atoms with E-state index in [4.69, 9.17) is 21.9 Å². The number of hydrogen-bond acceptors (Lipinski definition) is 4. The van der Waals surface area contributed by atoms with E-state index < -0.39 is 5.38 Å². The van der Waals surface area contributed by atoms with Gasteiger partial charge in [-0.1, -0.05) is 0 Å². The van der Waals surface area contributed by atoms with Crippen molar-refractivity contribution in [3.05, 3.63) is 29.8 Å². The number of phenols is 1. The number of benzene rings is 1. The van der Waals surface area contributed by atoms with E-state index in [0.29, 0.717) is 5.56 Å². The standard InChI is InChI=1S/C9H8ClNO3/c10-8(5-11-14)9(13)6-1-3-7(12)4-2-6/h1-5,8,12,14H/b11-5+. The third-order valence-corrected chi connectivity index (χ3v) is 1.91. The number of oxime groups is 1. The highest BCUT2D eigenvalue weighted by Crippen LogP contribution is 2.12. The van der Waals surface area contributed by atoms with Gasteiger partial charge >= 0.3 is 0 Å². The first-order valence-electron chi connectivity index (χ1n) is 3.80. The van der Waals surface area contributed by atoms with Crippen molar-refractivity contribution >= 4 is 23.6 Å². The summed E-state index contributed by atoms with van der Waals surface area (Å²) < 4.78 is 0. The van der Waals surface area contributed by atoms with Crippen molar-refractivity contribution in [1.82, 2.24) is 0 Å². The van der Waals surface area contributed by atoms with Gasteiger partial charge < -0.3 is 10.3 Å². The summed E-state index contributed by atoms with van der Waals surface area (Å²) in [5.74, 6) is -0.312. The summed E-state index contributed by atoms with van der Waals surface area (Å²) >= 11 is 5.58. The molecule has 4 nitrogen and oxygen atoms in total. The van der Waals surface area contributed by atoms with Gasteiger partial charge in [0, 0.05) is 5.56 Å². The number of alkyl halides is 1. The summed E-state index contributed by atoms with van der Waals surface area (Å²) in [5.41, 5.74) is 0.350. The van der Waals surface area contributed by atoms with Crippen molar-refractivity contribution in [3.8, 4) is 5.75 Å². The van der Waals surface area contributed by atoms with Crippen LogP contribution < -0.4 is 0 Å². The molecule has 0 spiro atoms. The molecule has 74 valence electrons. The Morgan fingerprint density at radius 3 is 2.50 bits per heavy atom. The highest BCUT2D eigenvalue weighted by atomic mass is 35.5. The molecule has 1 aromatic rings. The van der Waals surface area contributed by atoms with Gasteiger partial charge in [0.2, 0.25) is 0 Å². The Morgan fingerprint density at radius 2 is 2.00 bits per heavy atom. The van der Waals surface area contributed by atoms with Crippen LogP contribution in [0.15, 0.2) is 29.4 Å². The summed E-state index contributed by atoms with van der Waals surface area (Å²) in [4.78, 5) is 11.4. The van der Waals surface area contributed by atoms with Crippen molar-refractivity contribution in [1.29, 1.82) is 0 Å². The van der Waals surface area contributed by atoms with Crippen molar-refractivity contribution in [2.45, 2.75) is 5.38 Å². The number of ketones is 1. The summed E-state index contributed by atoms with van der Waals surface area (Å²) in [6.07, 6.45) is 0.927. The molecule has 0 aromatic heterocycles. The third kappa shape index (κ3) is 2.47. The molecule has 0 radical (unpaired) electrons. The van der Waals surface area contributed by atoms with E-state index in [9.17, 15) is 4.79 Å². The Hall–Kier alpha value is -1.55. The molecule has 0 heterocycles. The zero-order valence-corrected chi connectivity index (χ0v) is 7.85. The Bertz CT molecular complexity index is 348. The number of phenolic OH excluding ortho intramolecular Hbond substituents is 1. The molecular formula is C9H8ClNO3. The van der Waals surface area contributed by atoms with Crippen LogP contribution in [-0.2, 0) is 0 Å². The maximum absolute atomic E-state index is 11.4. The Kier molecular flexibility index (Phi) is 3.48. The lowest BCUT2D eigenvalue weighted by atomic mass is 10.1. The van der Waals surface area contributed by atoms with Gasteiger partial charge in [0.05, 0.1) is 6.21 Å². The van der Waals surface area contributed by atoms with E-state index in [1.54, 1.807) is 0 Å². The number of aromatic hydroxyl groups is 1. The predicted octanol–water partition coefficient (Wildman–Crippen LogP) is 1.64. The van der Waals surface area contributed by atoms with Gasteiger partial charge in [-0.05, 0) is 24.3 Å². The number of halogens is 1. The minimum Gasteiger partial charge on any atom is -0.508 e. The Labute approximate surface area is 85.4 Å². The van der Waals surface area contributed by atoms with Crippen LogP contribution in [0.1, 0.15) is 10.4 Å². The van der Waals surface area contributed by atoms with Gasteiger partial charge in [0.25, 0.3) is 0 Å². The first-order chi connectivity index (χ1) is 6.65. The average molecular weight is 214 g/mol. The van der Waals surface area contributed by atoms with Crippen LogP contribution in [0.2, 0.25) is 0 Å². The predicted molar refractivity (Wildman–Crippen MR) is 52.4 cm³/mol. The third-order valence-electron chi connectivity index (χ3n) is 1.60. The van der Waals surface area contributed by atoms with Gasteiger partial charge in [-0.25, -0.2) is 0 Å². The topological polar surface area (TPSA) is 69.9 Å². The number of rotatable bonds is 3. The maximum atomic E-state index is 11.4. The SMILES string of the molecule is O=C(c1ccc(O)cc1)C(Cl)/C=N/O. The molecule has 0 aliphatic rings. The number of nitrogens with zero attached hydrogens (tertiary/aromatic N) is 1. The summed E-state index contributed by atoms with van der Waals surface area (Å²) in [6.45, 7) is 0. The molecule has 1 aromatic carbocycles. The molecule has 1 unspecified atom stereocenters. The second-order valence-electron chi connectivity index (χ2n) is 2.58. The van der Waals surface area contributed by atoms with E-state index in [1.165, 1.54) is 24.3 Å². The van der Waals surface area contributed by atoms with E-state index >= 15 is 0 Å². The molecule has 0 amide bonds. The van der Waals surface area contributed by atoms with E-state index in [1.807, 2.05) is 0 Å². The monoisotopic (exact) mass is 213 g/mol. The molecular weight excluding hydrogens is 206 g/mol. The first-order valence-corrected chi connectivity index (χ1v) is 4.23. The van der Waals surface area contributed by atoms with Crippen molar-refractivity contribution in [2.24, 2.45) is 5.16 Å². The highest BCUT2D eigenvalue weighted by Gasteiger charge is 2.15. The minimum atomic E-state index is -0.996. The molecule has 0 saturated carbocycles. The zero-order chi connectivity index (χ0) is 10.6. The second-order valence-corrected chi connectivity index (χ2v) is 3.05. The summed E-state index contributed by atoms with van der Waals surface area (Å²) in [7, 11) is 0. The normalized spacial score (nSPS) is 12.9. The van der Waals surface area contributed by atoms with Crippen LogP contribution in [0.25, 0.3) is 0 Å². The highest BCUT2D eigenvalue weighted by molar-refractivity contribution is 6.41. The van der Waals surface area contributed by atoms with Gasteiger partial charge in [-0.15, -0.1) is 16.8 Å². The number of carbonyl (C=O) groups excluding carboxylic acids is 1. The molecule has 0 saturated heterocycles. The maximum Gasteiger partial charge on any atom is 0.186 e. The molecule has 0 aliphatic carbocycles. The molecule has 1 rings (SSSR count). The fourth-order valence-electron chi connectivity index (χ4n) is 0.911. The van der Waals surface area contributed by atoms with Crippen molar-refractivity contribution in [2.75, 3.05) is 0 Å². The number of carbonyl (C=O) groups is 1. The molecule has 0 bridgehead atoms. The second kappa shape index (κ2) is 4.62. The quantitative estimate of drug-likeness (QED) is 0.264. The molecule has 0 aliphatic heterocycles. The average Bonchev–Trinajstić information content (AvgIpc) is 2.18. The van der Waals surface area contributed by atoms with Crippen LogP contribution in [-0.4, -0.2) is 27.7 Å². The van der Waals surface area contributed by atoms with Crippen molar-refractivity contribution in [3.63, 3.8) is 0 Å². The fourth-order valence-corrected chi connectivity index (χ4v) is 1.09. The molecule has 2 N–H and O–H groups in total. The molecule has 5 heteroatoms. The fraction of sp³-hybridized carbons (Fsp3) is 0.111. The smallest absolute Gasteiger partial charge is 0.186 e. The molecule has 1 atom stereocenters. The van der Waals surface area contributed by atoms with Crippen molar-refractivity contribution < 1.29 is 15.1 Å². The van der Waals surface area contributed by atoms with Gasteiger partial charge in [0.15, 0.2) is 5.78 Å². The largest absolute Gasteiger partial charge is 0.508 e. The number of Topliss-reactive ketones (excluding diaryl/α,β-unsaturated/α-hetero) is 1. The summed E-state index contributed by atoms with van der Waals surface area (Å²) in [5, 5.41) is 18.8. The Morgan fingerprint density at radius 1 is 1.43 bits per heavy atom. The van der Waals surface area contributed by atoms with E-state index in [2.05, 4.69) is 5.16 Å². The van der Waals surface area contributed by atoms with Gasteiger partial charge in [-0.2, -0.15) is 0 Å². The van der Waals surface area contributed by atoms with E-state index in [-0.39, 0.29) is 11.5 Å². The number of hydrogen-bond donors (Lipinski definition) is 2. The lowest BCUT2D eigenvalue weighted by molar-refractivity contribution is 0.100. The van der Waals surface area contributed by atoms with E-state index in [0.717, 1.165) is 6.21 Å². The van der Waals surface area contributed by atoms with Crippen LogP contribution in [0.4, 0.5) is 0 Å². The lowest BCUT2D eigenvalue weighted by Gasteiger charge is -2.02. The van der Waals surface area contributed by atoms with Gasteiger partial charge in [-0.3, -0.25) is 4.79 Å². The Balaban J connectivity index is 2.84.